The number of thiazole rings is 1. The van der Waals surface area contributed by atoms with Crippen LogP contribution >= 0.6 is 34.5 Å². The van der Waals surface area contributed by atoms with Gasteiger partial charge < -0.3 is 4.90 Å². The van der Waals surface area contributed by atoms with E-state index in [0.717, 1.165) is 11.3 Å². The molecule has 0 saturated carbocycles. The average molecular weight is 439 g/mol. The maximum absolute atomic E-state index is 12.9. The zero-order valence-corrected chi connectivity index (χ0v) is 17.2. The van der Waals surface area contributed by atoms with Gasteiger partial charge >= 0.3 is 6.03 Å². The Kier molecular flexibility index (Phi) is 4.81. The molecule has 3 amide bonds. The van der Waals surface area contributed by atoms with Gasteiger partial charge in [0.05, 0.1) is 6.20 Å². The molecule has 2 aliphatic rings. The van der Waals surface area contributed by atoms with Crippen molar-refractivity contribution in [2.24, 2.45) is 0 Å². The van der Waals surface area contributed by atoms with Crippen LogP contribution in [0, 0.1) is 0 Å². The Balaban J connectivity index is 1.64. The molecule has 7 nitrogen and oxygen atoms in total. The van der Waals surface area contributed by atoms with Crippen molar-refractivity contribution in [3.8, 4) is 0 Å². The summed E-state index contributed by atoms with van der Waals surface area (Å²) in [5.74, 6) is -0.989. The van der Waals surface area contributed by atoms with Crippen LogP contribution in [0.15, 0.2) is 24.4 Å². The van der Waals surface area contributed by atoms with Crippen molar-refractivity contribution in [1.29, 1.82) is 0 Å². The average Bonchev–Trinajstić information content (AvgIpc) is 3.34. The van der Waals surface area contributed by atoms with Gasteiger partial charge in [0, 0.05) is 42.7 Å². The summed E-state index contributed by atoms with van der Waals surface area (Å²) in [4.78, 5) is 43.8. The number of carbonyl (C=O) groups excluding carboxylic acids is 3. The topological polar surface area (TPSA) is 82.6 Å². The molecule has 1 spiro atoms. The van der Waals surface area contributed by atoms with E-state index in [0.29, 0.717) is 40.5 Å². The Morgan fingerprint density at radius 2 is 2.04 bits per heavy atom. The van der Waals surface area contributed by atoms with Crippen LogP contribution in [0.5, 0.6) is 0 Å². The van der Waals surface area contributed by atoms with Gasteiger partial charge in [0.25, 0.3) is 5.91 Å². The summed E-state index contributed by atoms with van der Waals surface area (Å²) >= 11 is 13.3. The summed E-state index contributed by atoms with van der Waals surface area (Å²) in [6.07, 6.45) is 2.12. The molecule has 0 aliphatic carbocycles. The molecule has 28 heavy (non-hydrogen) atoms. The summed E-state index contributed by atoms with van der Waals surface area (Å²) in [5, 5.41) is 3.73. The third-order valence-corrected chi connectivity index (χ3v) is 6.43. The first kappa shape index (κ1) is 19.2. The minimum Gasteiger partial charge on any atom is -0.335 e. The number of halogens is 2. The highest BCUT2D eigenvalue weighted by molar-refractivity contribution is 7.19. The Bertz CT molecular complexity index is 995. The molecule has 4 rings (SSSR count). The van der Waals surface area contributed by atoms with Crippen LogP contribution in [0.25, 0.3) is 0 Å². The second-order valence-corrected chi connectivity index (χ2v) is 9.06. The summed E-state index contributed by atoms with van der Waals surface area (Å²) < 4.78 is 0.481. The largest absolute Gasteiger partial charge is 0.335 e. The molecule has 2 aromatic rings. The molecule has 1 saturated heterocycles. The monoisotopic (exact) mass is 438 g/mol. The van der Waals surface area contributed by atoms with Gasteiger partial charge in [-0.05, 0) is 30.2 Å². The van der Waals surface area contributed by atoms with E-state index in [1.165, 1.54) is 24.5 Å². The Morgan fingerprint density at radius 1 is 1.25 bits per heavy atom. The molecule has 1 atom stereocenters. The number of rotatable bonds is 2. The van der Waals surface area contributed by atoms with Crippen molar-refractivity contribution < 1.29 is 14.4 Å². The number of nitrogens with zero attached hydrogens (tertiary/aromatic N) is 3. The van der Waals surface area contributed by atoms with E-state index >= 15 is 0 Å². The van der Waals surface area contributed by atoms with E-state index in [2.05, 4.69) is 10.3 Å². The second kappa shape index (κ2) is 7.02. The number of fused-ring (bicyclic) bond motifs is 2. The first-order valence-electron chi connectivity index (χ1n) is 8.59. The maximum atomic E-state index is 12.9. The van der Waals surface area contributed by atoms with E-state index in [9.17, 15) is 14.4 Å². The van der Waals surface area contributed by atoms with Gasteiger partial charge in [-0.1, -0.05) is 34.5 Å². The lowest BCUT2D eigenvalue weighted by Crippen LogP contribution is -2.42. The molecule has 3 heterocycles. The number of aromatic nitrogens is 1. The Hall–Kier alpha value is -2.16. The van der Waals surface area contributed by atoms with Crippen LogP contribution in [0.4, 0.5) is 15.6 Å². The third kappa shape index (κ3) is 3.25. The van der Waals surface area contributed by atoms with Crippen molar-refractivity contribution in [2.45, 2.75) is 18.8 Å². The quantitative estimate of drug-likeness (QED) is 0.726. The number of hydrogen-bond acceptors (Lipinski definition) is 5. The number of anilines is 2. The van der Waals surface area contributed by atoms with Gasteiger partial charge in [0.2, 0.25) is 5.78 Å². The number of likely N-dealkylation sites (tertiary alicyclic amines) is 1. The zero-order valence-electron chi connectivity index (χ0n) is 14.9. The molecule has 1 fully saturated rings. The highest BCUT2D eigenvalue weighted by Gasteiger charge is 2.50. The number of nitrogens with one attached hydrogen (secondary N) is 1. The zero-order chi connectivity index (χ0) is 20.1. The first-order chi connectivity index (χ1) is 13.3. The van der Waals surface area contributed by atoms with Gasteiger partial charge in [0.1, 0.15) is 4.34 Å². The summed E-state index contributed by atoms with van der Waals surface area (Å²) in [5.41, 5.74) is 1.19. The minimum atomic E-state index is -0.499. The summed E-state index contributed by atoms with van der Waals surface area (Å²) in [6.45, 7) is 2.48. The number of urea groups is 1. The smallest absolute Gasteiger partial charge is 0.328 e. The molecule has 0 bridgehead atoms. The second-order valence-electron chi connectivity index (χ2n) is 6.96. The van der Waals surface area contributed by atoms with Crippen LogP contribution < -0.4 is 10.2 Å². The molecular weight excluding hydrogens is 423 g/mol. The van der Waals surface area contributed by atoms with E-state index in [4.69, 9.17) is 23.2 Å². The SMILES string of the molecule is CC(=O)C(=O)N1CCC2(C1)CN(C(=O)Nc1ncc(Cl)s1)c1ccc(Cl)cc12. The standard InChI is InChI=1S/C18H16Cl2N4O3S/c1-10(25)15(26)23-5-4-18(8-23)9-24(13-3-2-11(19)6-12(13)18)17(27)22-16-21-7-14(20)28-16/h2-3,6-7H,4-5,8-9H2,1H3,(H,21,22,27). The number of amides is 3. The maximum Gasteiger partial charge on any atom is 0.328 e. The van der Waals surface area contributed by atoms with Crippen LogP contribution in [0.3, 0.4) is 0 Å². The lowest BCUT2D eigenvalue weighted by atomic mass is 9.81. The van der Waals surface area contributed by atoms with Crippen LogP contribution in [-0.4, -0.2) is 47.2 Å². The van der Waals surface area contributed by atoms with Gasteiger partial charge in [0.15, 0.2) is 5.13 Å². The molecule has 146 valence electrons. The van der Waals surface area contributed by atoms with Gasteiger partial charge in [-0.25, -0.2) is 9.78 Å². The van der Waals surface area contributed by atoms with E-state index < -0.39 is 17.1 Å². The van der Waals surface area contributed by atoms with Crippen molar-refractivity contribution >= 4 is 63.1 Å². The van der Waals surface area contributed by atoms with Crippen molar-refractivity contribution in [3.05, 3.63) is 39.3 Å². The fourth-order valence-corrected chi connectivity index (χ4v) is 4.89. The normalized spacial score (nSPS) is 20.5. The number of ketones is 1. The lowest BCUT2D eigenvalue weighted by molar-refractivity contribution is -0.143. The third-order valence-electron chi connectivity index (χ3n) is 5.16. The van der Waals surface area contributed by atoms with E-state index in [-0.39, 0.29) is 6.03 Å². The predicted molar refractivity (Wildman–Crippen MR) is 108 cm³/mol. The minimum absolute atomic E-state index is 0.331. The molecule has 1 unspecified atom stereocenters. The summed E-state index contributed by atoms with van der Waals surface area (Å²) in [6, 6.07) is 5.04. The molecule has 0 radical (unpaired) electrons. The summed E-state index contributed by atoms with van der Waals surface area (Å²) in [7, 11) is 0. The van der Waals surface area contributed by atoms with Crippen LogP contribution in [0.2, 0.25) is 9.36 Å². The molecule has 1 N–H and O–H groups in total. The molecular formula is C18H16Cl2N4O3S. The van der Waals surface area contributed by atoms with E-state index in [1.54, 1.807) is 21.9 Å². The molecule has 1 aromatic carbocycles. The number of hydrogen-bond donors (Lipinski definition) is 1. The number of carbonyl (C=O) groups is 3. The van der Waals surface area contributed by atoms with Gasteiger partial charge in [-0.15, -0.1) is 0 Å². The predicted octanol–water partition coefficient (Wildman–Crippen LogP) is 3.56. The lowest BCUT2D eigenvalue weighted by Gasteiger charge is -2.25. The van der Waals surface area contributed by atoms with Crippen molar-refractivity contribution in [1.82, 2.24) is 9.88 Å². The Morgan fingerprint density at radius 3 is 2.71 bits per heavy atom. The van der Waals surface area contributed by atoms with Gasteiger partial charge in [-0.3, -0.25) is 19.8 Å². The van der Waals surface area contributed by atoms with E-state index in [1.807, 2.05) is 6.07 Å². The van der Waals surface area contributed by atoms with Gasteiger partial charge in [-0.2, -0.15) is 0 Å². The fraction of sp³-hybridized carbons (Fsp3) is 0.333. The number of benzene rings is 1. The highest BCUT2D eigenvalue weighted by Crippen LogP contribution is 2.47. The van der Waals surface area contributed by atoms with Crippen molar-refractivity contribution in [3.63, 3.8) is 0 Å². The molecule has 1 aromatic heterocycles. The Labute approximate surface area is 175 Å². The highest BCUT2D eigenvalue weighted by atomic mass is 35.5. The molecule has 2 aliphatic heterocycles. The molecule has 10 heteroatoms. The van der Waals surface area contributed by atoms with Crippen LogP contribution in [-0.2, 0) is 15.0 Å². The fourth-order valence-electron chi connectivity index (χ4n) is 3.91. The number of Topliss-reactive ketones (excluding diaryl/α,β-unsaturated/α-hetero) is 1. The van der Waals surface area contributed by atoms with Crippen LogP contribution in [0.1, 0.15) is 18.9 Å². The van der Waals surface area contributed by atoms with Crippen molar-refractivity contribution in [2.75, 3.05) is 29.9 Å². The first-order valence-corrected chi connectivity index (χ1v) is 10.2.